The zero-order valence-electron chi connectivity index (χ0n) is 8.91. The predicted octanol–water partition coefficient (Wildman–Crippen LogP) is 2.45. The van der Waals surface area contributed by atoms with Gasteiger partial charge < -0.3 is 4.90 Å². The standard InChI is InChI=1S/C14H13NO/c16-14-10-9-12-7-4-8-13(15(12)14)11-5-2-1-3-6-11/h1-7,9-10,12-13H,8H2/t12-,13-/m0/s1. The molecule has 2 heterocycles. The van der Waals surface area contributed by atoms with Crippen molar-refractivity contribution in [1.82, 2.24) is 4.90 Å². The summed E-state index contributed by atoms with van der Waals surface area (Å²) in [5.74, 6) is 0.128. The molecule has 2 aliphatic rings. The molecule has 0 aliphatic carbocycles. The van der Waals surface area contributed by atoms with Crippen LogP contribution < -0.4 is 0 Å². The van der Waals surface area contributed by atoms with Crippen LogP contribution in [-0.2, 0) is 4.79 Å². The third-order valence-corrected chi connectivity index (χ3v) is 3.22. The highest BCUT2D eigenvalue weighted by Gasteiger charge is 2.33. The minimum absolute atomic E-state index is 0.128. The molecule has 2 aliphatic heterocycles. The van der Waals surface area contributed by atoms with Crippen LogP contribution in [0.4, 0.5) is 0 Å². The minimum Gasteiger partial charge on any atom is -0.322 e. The molecular weight excluding hydrogens is 198 g/mol. The number of hydrogen-bond donors (Lipinski definition) is 0. The first kappa shape index (κ1) is 9.40. The fraction of sp³-hybridized carbons (Fsp3) is 0.214. The average molecular weight is 211 g/mol. The fourth-order valence-electron chi connectivity index (χ4n) is 2.46. The second-order valence-electron chi connectivity index (χ2n) is 4.19. The molecule has 1 amide bonds. The second kappa shape index (κ2) is 3.63. The summed E-state index contributed by atoms with van der Waals surface area (Å²) in [7, 11) is 0. The van der Waals surface area contributed by atoms with Crippen LogP contribution in [0.2, 0.25) is 0 Å². The van der Waals surface area contributed by atoms with Gasteiger partial charge in [0, 0.05) is 6.08 Å². The zero-order chi connectivity index (χ0) is 11.0. The molecule has 0 N–H and O–H groups in total. The Hall–Kier alpha value is -1.83. The Labute approximate surface area is 94.9 Å². The number of benzene rings is 1. The van der Waals surface area contributed by atoms with E-state index in [1.807, 2.05) is 29.2 Å². The highest BCUT2D eigenvalue weighted by molar-refractivity contribution is 5.91. The summed E-state index contributed by atoms with van der Waals surface area (Å²) in [5, 5.41) is 0. The zero-order valence-corrected chi connectivity index (χ0v) is 8.91. The predicted molar refractivity (Wildman–Crippen MR) is 62.7 cm³/mol. The summed E-state index contributed by atoms with van der Waals surface area (Å²) in [6.07, 6.45) is 8.82. The van der Waals surface area contributed by atoms with Gasteiger partial charge in [0.25, 0.3) is 0 Å². The molecule has 1 aromatic carbocycles. The molecule has 0 saturated carbocycles. The Morgan fingerprint density at radius 1 is 1.12 bits per heavy atom. The summed E-state index contributed by atoms with van der Waals surface area (Å²) < 4.78 is 0. The van der Waals surface area contributed by atoms with Crippen molar-refractivity contribution in [1.29, 1.82) is 0 Å². The number of rotatable bonds is 1. The van der Waals surface area contributed by atoms with Crippen molar-refractivity contribution >= 4 is 5.91 Å². The first-order valence-electron chi connectivity index (χ1n) is 5.58. The van der Waals surface area contributed by atoms with E-state index in [1.54, 1.807) is 6.08 Å². The van der Waals surface area contributed by atoms with Gasteiger partial charge in [0.1, 0.15) is 0 Å². The van der Waals surface area contributed by atoms with Crippen molar-refractivity contribution < 1.29 is 4.79 Å². The van der Waals surface area contributed by atoms with Gasteiger partial charge in [0.15, 0.2) is 0 Å². The maximum atomic E-state index is 11.8. The number of carbonyl (C=O) groups is 1. The van der Waals surface area contributed by atoms with Crippen molar-refractivity contribution in [2.45, 2.75) is 18.5 Å². The molecule has 0 spiro atoms. The molecule has 0 fully saturated rings. The quantitative estimate of drug-likeness (QED) is 0.653. The first-order valence-corrected chi connectivity index (χ1v) is 5.58. The van der Waals surface area contributed by atoms with E-state index in [0.717, 1.165) is 6.42 Å². The molecule has 0 saturated heterocycles. The molecule has 0 radical (unpaired) electrons. The van der Waals surface area contributed by atoms with E-state index >= 15 is 0 Å². The number of nitrogens with zero attached hydrogens (tertiary/aromatic N) is 1. The van der Waals surface area contributed by atoms with Gasteiger partial charge >= 0.3 is 0 Å². The number of hydrogen-bond acceptors (Lipinski definition) is 1. The van der Waals surface area contributed by atoms with Crippen molar-refractivity contribution in [2.24, 2.45) is 0 Å². The van der Waals surface area contributed by atoms with Crippen LogP contribution in [0.15, 0.2) is 54.6 Å². The minimum atomic E-state index is 0.128. The molecule has 2 heteroatoms. The van der Waals surface area contributed by atoms with Gasteiger partial charge in [-0.3, -0.25) is 4.79 Å². The third-order valence-electron chi connectivity index (χ3n) is 3.22. The van der Waals surface area contributed by atoms with Crippen LogP contribution in [0, 0.1) is 0 Å². The third kappa shape index (κ3) is 1.38. The van der Waals surface area contributed by atoms with E-state index in [0.29, 0.717) is 0 Å². The van der Waals surface area contributed by atoms with Crippen molar-refractivity contribution in [3.63, 3.8) is 0 Å². The van der Waals surface area contributed by atoms with E-state index in [4.69, 9.17) is 0 Å². The van der Waals surface area contributed by atoms with E-state index in [-0.39, 0.29) is 18.0 Å². The highest BCUT2D eigenvalue weighted by Crippen LogP contribution is 2.33. The average Bonchev–Trinajstić information content (AvgIpc) is 2.73. The molecule has 0 unspecified atom stereocenters. The van der Waals surface area contributed by atoms with E-state index in [9.17, 15) is 4.79 Å². The van der Waals surface area contributed by atoms with Crippen LogP contribution in [0.3, 0.4) is 0 Å². The van der Waals surface area contributed by atoms with Gasteiger partial charge in [-0.05, 0) is 12.0 Å². The SMILES string of the molecule is O=C1C=C[C@@H]2C=CC[C@@H](c3ccccc3)N12. The van der Waals surface area contributed by atoms with E-state index in [1.165, 1.54) is 5.56 Å². The Balaban J connectivity index is 1.97. The molecular formula is C14H13NO. The summed E-state index contributed by atoms with van der Waals surface area (Å²) in [4.78, 5) is 13.8. The highest BCUT2D eigenvalue weighted by atomic mass is 16.2. The lowest BCUT2D eigenvalue weighted by Crippen LogP contribution is -2.38. The number of fused-ring (bicyclic) bond motifs is 1. The summed E-state index contributed by atoms with van der Waals surface area (Å²) in [5.41, 5.74) is 1.22. The van der Waals surface area contributed by atoms with Gasteiger partial charge in [0.2, 0.25) is 5.91 Å². The topological polar surface area (TPSA) is 20.3 Å². The molecule has 16 heavy (non-hydrogen) atoms. The summed E-state index contributed by atoms with van der Waals surface area (Å²) in [6.45, 7) is 0. The molecule has 0 bridgehead atoms. The Kier molecular flexibility index (Phi) is 2.13. The maximum Gasteiger partial charge on any atom is 0.247 e. The molecule has 80 valence electrons. The lowest BCUT2D eigenvalue weighted by Gasteiger charge is -2.34. The van der Waals surface area contributed by atoms with E-state index < -0.39 is 0 Å². The van der Waals surface area contributed by atoms with Gasteiger partial charge in [-0.15, -0.1) is 0 Å². The Bertz CT molecular complexity index is 461. The van der Waals surface area contributed by atoms with Gasteiger partial charge in [-0.2, -0.15) is 0 Å². The van der Waals surface area contributed by atoms with Gasteiger partial charge in [-0.1, -0.05) is 48.6 Å². The monoisotopic (exact) mass is 211 g/mol. The van der Waals surface area contributed by atoms with Crippen LogP contribution in [-0.4, -0.2) is 16.8 Å². The Morgan fingerprint density at radius 2 is 1.94 bits per heavy atom. The smallest absolute Gasteiger partial charge is 0.247 e. The number of amides is 1. The van der Waals surface area contributed by atoms with Crippen molar-refractivity contribution in [3.05, 3.63) is 60.2 Å². The fourth-order valence-corrected chi connectivity index (χ4v) is 2.46. The molecule has 0 aromatic heterocycles. The van der Waals surface area contributed by atoms with Crippen LogP contribution in [0.5, 0.6) is 0 Å². The normalized spacial score (nSPS) is 27.2. The molecule has 3 rings (SSSR count). The summed E-state index contributed by atoms with van der Waals surface area (Å²) >= 11 is 0. The Morgan fingerprint density at radius 3 is 2.75 bits per heavy atom. The molecule has 1 aromatic rings. The molecule has 2 nitrogen and oxygen atoms in total. The van der Waals surface area contributed by atoms with E-state index in [2.05, 4.69) is 24.3 Å². The largest absolute Gasteiger partial charge is 0.322 e. The van der Waals surface area contributed by atoms with Gasteiger partial charge in [-0.25, -0.2) is 0 Å². The molecule has 2 atom stereocenters. The van der Waals surface area contributed by atoms with Gasteiger partial charge in [0.05, 0.1) is 12.1 Å². The first-order chi connectivity index (χ1) is 7.86. The van der Waals surface area contributed by atoms with Crippen LogP contribution in [0.25, 0.3) is 0 Å². The van der Waals surface area contributed by atoms with Crippen molar-refractivity contribution in [2.75, 3.05) is 0 Å². The van der Waals surface area contributed by atoms with Crippen LogP contribution >= 0.6 is 0 Å². The lowest BCUT2D eigenvalue weighted by molar-refractivity contribution is -0.128. The maximum absolute atomic E-state index is 11.8. The summed E-state index contributed by atoms with van der Waals surface area (Å²) in [6, 6.07) is 10.6. The van der Waals surface area contributed by atoms with Crippen LogP contribution in [0.1, 0.15) is 18.0 Å². The second-order valence-corrected chi connectivity index (χ2v) is 4.19. The van der Waals surface area contributed by atoms with Crippen molar-refractivity contribution in [3.8, 4) is 0 Å². The lowest BCUT2D eigenvalue weighted by atomic mass is 9.97. The number of carbonyl (C=O) groups excluding carboxylic acids is 1.